The molecule has 18 heavy (non-hydrogen) atoms. The fourth-order valence-corrected chi connectivity index (χ4v) is 3.20. The van der Waals surface area contributed by atoms with Gasteiger partial charge < -0.3 is 10.4 Å². The van der Waals surface area contributed by atoms with E-state index in [2.05, 4.69) is 0 Å². The molecule has 7 heteroatoms. The number of hydrogen-bond acceptors (Lipinski definition) is 2. The topological polar surface area (TPSA) is 66.4 Å². The van der Waals surface area contributed by atoms with E-state index < -0.39 is 30.0 Å². The van der Waals surface area contributed by atoms with Crippen LogP contribution in [0.3, 0.4) is 0 Å². The standard InChI is InChI=1S/C11H14F3NO3/c12-11(13,14)10(18)15-8-5-1-2-6(8)4-7(3-5)9(16)17/h5-8H,1-4H2,(H,15,18)(H,16,17). The van der Waals surface area contributed by atoms with Gasteiger partial charge in [-0.15, -0.1) is 0 Å². The molecule has 2 N–H and O–H groups in total. The average molecular weight is 265 g/mol. The minimum Gasteiger partial charge on any atom is -0.481 e. The van der Waals surface area contributed by atoms with Crippen LogP contribution in [0.2, 0.25) is 0 Å². The Kier molecular flexibility index (Phi) is 3.25. The van der Waals surface area contributed by atoms with Gasteiger partial charge in [-0.3, -0.25) is 9.59 Å². The number of carboxylic acid groups (broad SMARTS) is 1. The fourth-order valence-electron chi connectivity index (χ4n) is 3.20. The molecule has 2 aliphatic carbocycles. The second-order valence-electron chi connectivity index (χ2n) is 5.10. The summed E-state index contributed by atoms with van der Waals surface area (Å²) in [7, 11) is 0. The molecular formula is C11H14F3NO3. The Morgan fingerprint density at radius 2 is 1.61 bits per heavy atom. The number of carboxylic acids is 1. The predicted molar refractivity (Wildman–Crippen MR) is 54.6 cm³/mol. The van der Waals surface area contributed by atoms with Crippen molar-refractivity contribution in [3.05, 3.63) is 0 Å². The van der Waals surface area contributed by atoms with Gasteiger partial charge in [0.15, 0.2) is 0 Å². The van der Waals surface area contributed by atoms with Crippen LogP contribution in [0.25, 0.3) is 0 Å². The number of alkyl halides is 3. The second kappa shape index (κ2) is 4.44. The molecule has 1 amide bonds. The number of nitrogens with one attached hydrogen (secondary N) is 1. The molecule has 2 unspecified atom stereocenters. The van der Waals surface area contributed by atoms with Crippen molar-refractivity contribution >= 4 is 11.9 Å². The molecular weight excluding hydrogens is 251 g/mol. The van der Waals surface area contributed by atoms with Crippen molar-refractivity contribution < 1.29 is 27.9 Å². The highest BCUT2D eigenvalue weighted by atomic mass is 19.4. The summed E-state index contributed by atoms with van der Waals surface area (Å²) in [6.07, 6.45) is -2.78. The first kappa shape index (κ1) is 13.2. The van der Waals surface area contributed by atoms with E-state index in [1.165, 1.54) is 0 Å². The first-order valence-electron chi connectivity index (χ1n) is 5.89. The maximum absolute atomic E-state index is 12.2. The van der Waals surface area contributed by atoms with Crippen LogP contribution < -0.4 is 5.32 Å². The zero-order chi connectivity index (χ0) is 13.5. The van der Waals surface area contributed by atoms with Crippen molar-refractivity contribution in [3.8, 4) is 0 Å². The number of hydrogen-bond donors (Lipinski definition) is 2. The molecule has 2 rings (SSSR count). The average Bonchev–Trinajstić information content (AvgIpc) is 2.49. The maximum atomic E-state index is 12.2. The molecule has 2 bridgehead atoms. The molecule has 0 aromatic heterocycles. The van der Waals surface area contributed by atoms with Crippen molar-refractivity contribution in [1.82, 2.24) is 5.32 Å². The number of rotatable bonds is 2. The van der Waals surface area contributed by atoms with Gasteiger partial charge in [-0.25, -0.2) is 0 Å². The van der Waals surface area contributed by atoms with E-state index in [1.54, 1.807) is 0 Å². The Hall–Kier alpha value is -1.27. The zero-order valence-electron chi connectivity index (χ0n) is 9.54. The summed E-state index contributed by atoms with van der Waals surface area (Å²) in [5.41, 5.74) is 0. The lowest BCUT2D eigenvalue weighted by Crippen LogP contribution is -2.50. The van der Waals surface area contributed by atoms with Crippen molar-refractivity contribution in [3.63, 3.8) is 0 Å². The number of carbonyl (C=O) groups is 2. The Balaban J connectivity index is 2.01. The number of amides is 1. The van der Waals surface area contributed by atoms with Crippen LogP contribution in [0.4, 0.5) is 13.2 Å². The molecule has 0 aliphatic heterocycles. The van der Waals surface area contributed by atoms with Gasteiger partial charge in [0.25, 0.3) is 0 Å². The smallest absolute Gasteiger partial charge is 0.471 e. The molecule has 2 saturated carbocycles. The number of carbonyl (C=O) groups excluding carboxylic acids is 1. The maximum Gasteiger partial charge on any atom is 0.471 e. The SMILES string of the molecule is O=C(O)C1CC2CCC(C1)C2NC(=O)C(F)(F)F. The molecule has 4 nitrogen and oxygen atoms in total. The van der Waals surface area contributed by atoms with Crippen LogP contribution in [0.15, 0.2) is 0 Å². The first-order valence-corrected chi connectivity index (χ1v) is 5.89. The highest BCUT2D eigenvalue weighted by molar-refractivity contribution is 5.82. The monoisotopic (exact) mass is 265 g/mol. The van der Waals surface area contributed by atoms with Crippen LogP contribution in [0, 0.1) is 17.8 Å². The van der Waals surface area contributed by atoms with E-state index in [0.717, 1.165) is 0 Å². The minimum absolute atomic E-state index is 0.142. The molecule has 0 spiro atoms. The number of halogens is 3. The summed E-state index contributed by atoms with van der Waals surface area (Å²) in [6.45, 7) is 0. The van der Waals surface area contributed by atoms with Crippen molar-refractivity contribution in [2.45, 2.75) is 37.9 Å². The normalized spacial score (nSPS) is 35.3. The third kappa shape index (κ3) is 2.44. The van der Waals surface area contributed by atoms with Gasteiger partial charge in [-0.2, -0.15) is 13.2 Å². The summed E-state index contributed by atoms with van der Waals surface area (Å²) in [5, 5.41) is 11.0. The van der Waals surface area contributed by atoms with Gasteiger partial charge in [0.1, 0.15) is 0 Å². The van der Waals surface area contributed by atoms with Gasteiger partial charge in [0, 0.05) is 6.04 Å². The zero-order valence-corrected chi connectivity index (χ0v) is 9.54. The summed E-state index contributed by atoms with van der Waals surface area (Å²) in [4.78, 5) is 21.8. The van der Waals surface area contributed by atoms with Crippen molar-refractivity contribution in [2.75, 3.05) is 0 Å². The van der Waals surface area contributed by atoms with Gasteiger partial charge in [-0.05, 0) is 37.5 Å². The quantitative estimate of drug-likeness (QED) is 0.796. The first-order chi connectivity index (χ1) is 8.29. The van der Waals surface area contributed by atoms with Crippen molar-refractivity contribution in [2.24, 2.45) is 17.8 Å². The van der Waals surface area contributed by atoms with Gasteiger partial charge in [0.05, 0.1) is 5.92 Å². The van der Waals surface area contributed by atoms with Crippen LogP contribution in [0.5, 0.6) is 0 Å². The molecule has 0 aromatic carbocycles. The summed E-state index contributed by atoms with van der Waals surface area (Å²) in [5.74, 6) is -3.58. The molecule has 2 aliphatic rings. The fraction of sp³-hybridized carbons (Fsp3) is 0.818. The van der Waals surface area contributed by atoms with Crippen LogP contribution in [-0.4, -0.2) is 29.2 Å². The number of aliphatic carboxylic acids is 1. The Morgan fingerprint density at radius 1 is 1.11 bits per heavy atom. The van der Waals surface area contributed by atoms with Crippen LogP contribution in [0.1, 0.15) is 25.7 Å². The Morgan fingerprint density at radius 3 is 2.00 bits per heavy atom. The largest absolute Gasteiger partial charge is 0.481 e. The van der Waals surface area contributed by atoms with E-state index in [-0.39, 0.29) is 11.8 Å². The van der Waals surface area contributed by atoms with Gasteiger partial charge >= 0.3 is 18.1 Å². The van der Waals surface area contributed by atoms with Crippen LogP contribution >= 0.6 is 0 Å². The lowest BCUT2D eigenvalue weighted by atomic mass is 9.77. The van der Waals surface area contributed by atoms with E-state index in [0.29, 0.717) is 25.7 Å². The van der Waals surface area contributed by atoms with E-state index in [4.69, 9.17) is 5.11 Å². The predicted octanol–water partition coefficient (Wildman–Crippen LogP) is 1.55. The Labute approximate surface area is 102 Å². The van der Waals surface area contributed by atoms with Crippen LogP contribution in [-0.2, 0) is 9.59 Å². The summed E-state index contributed by atoms with van der Waals surface area (Å²) < 4.78 is 36.5. The van der Waals surface area contributed by atoms with E-state index in [1.807, 2.05) is 5.32 Å². The molecule has 0 radical (unpaired) electrons. The highest BCUT2D eigenvalue weighted by Gasteiger charge is 2.48. The molecule has 2 fully saturated rings. The second-order valence-corrected chi connectivity index (χ2v) is 5.10. The lowest BCUT2D eigenvalue weighted by molar-refractivity contribution is -0.175. The molecule has 0 saturated heterocycles. The van der Waals surface area contributed by atoms with Gasteiger partial charge in [-0.1, -0.05) is 0 Å². The molecule has 102 valence electrons. The van der Waals surface area contributed by atoms with Crippen molar-refractivity contribution in [1.29, 1.82) is 0 Å². The molecule has 2 atom stereocenters. The Bertz CT molecular complexity index is 355. The third-order valence-electron chi connectivity index (χ3n) is 4.00. The lowest BCUT2D eigenvalue weighted by Gasteiger charge is -2.34. The van der Waals surface area contributed by atoms with Gasteiger partial charge in [0.2, 0.25) is 0 Å². The van der Waals surface area contributed by atoms with E-state index >= 15 is 0 Å². The van der Waals surface area contributed by atoms with E-state index in [9.17, 15) is 22.8 Å². The molecule has 0 aromatic rings. The molecule has 0 heterocycles. The summed E-state index contributed by atoms with van der Waals surface area (Å²) in [6, 6.07) is -0.519. The highest BCUT2D eigenvalue weighted by Crippen LogP contribution is 2.45. The third-order valence-corrected chi connectivity index (χ3v) is 4.00. The number of fused-ring (bicyclic) bond motifs is 2. The minimum atomic E-state index is -4.87. The summed E-state index contributed by atoms with van der Waals surface area (Å²) >= 11 is 0.